The number of amides is 1. The number of esters is 1. The van der Waals surface area contributed by atoms with Gasteiger partial charge in [0.05, 0.1) is 0 Å². The smallest absolute Gasteiger partial charge is 0.408 e. The molecule has 7 heteroatoms. The van der Waals surface area contributed by atoms with E-state index in [1.807, 2.05) is 30.3 Å². The van der Waals surface area contributed by atoms with Crippen LogP contribution in [0.15, 0.2) is 42.5 Å². The summed E-state index contributed by atoms with van der Waals surface area (Å²) in [5, 5.41) is 11.7. The minimum atomic E-state index is -1.24. The second-order valence-corrected chi connectivity index (χ2v) is 8.51. The lowest BCUT2D eigenvalue weighted by molar-refractivity contribution is -0.155. The molecule has 1 amide bonds. The highest BCUT2D eigenvalue weighted by Gasteiger charge is 2.25. The number of ether oxygens (including phenoxy) is 2. The fourth-order valence-corrected chi connectivity index (χ4v) is 3.60. The van der Waals surface area contributed by atoms with Crippen molar-refractivity contribution in [3.8, 4) is 11.1 Å². The SMILES string of the molecule is CC(C)(C)OC(=O)CC[C@H](NC(=O)OCc1cccc2c1Cc1ccccc1-2)C(=O)O. The number of fused-ring (bicyclic) bond motifs is 3. The van der Waals surface area contributed by atoms with Gasteiger partial charge in [0.15, 0.2) is 0 Å². The van der Waals surface area contributed by atoms with E-state index in [1.54, 1.807) is 20.8 Å². The van der Waals surface area contributed by atoms with E-state index in [2.05, 4.69) is 17.4 Å². The van der Waals surface area contributed by atoms with Crippen LogP contribution >= 0.6 is 0 Å². The van der Waals surface area contributed by atoms with E-state index in [1.165, 1.54) is 11.1 Å². The van der Waals surface area contributed by atoms with Gasteiger partial charge in [-0.2, -0.15) is 0 Å². The van der Waals surface area contributed by atoms with Gasteiger partial charge in [-0.25, -0.2) is 9.59 Å². The number of carbonyl (C=O) groups excluding carboxylic acids is 2. The van der Waals surface area contributed by atoms with Crippen LogP contribution in [0, 0.1) is 0 Å². The van der Waals surface area contributed by atoms with Crippen molar-refractivity contribution < 1.29 is 29.0 Å². The second-order valence-electron chi connectivity index (χ2n) is 8.51. The van der Waals surface area contributed by atoms with E-state index in [-0.39, 0.29) is 19.4 Å². The number of benzene rings is 2. The molecule has 1 aliphatic rings. The summed E-state index contributed by atoms with van der Waals surface area (Å²) in [7, 11) is 0. The summed E-state index contributed by atoms with van der Waals surface area (Å²) in [4.78, 5) is 35.5. The molecule has 3 rings (SSSR count). The van der Waals surface area contributed by atoms with Gasteiger partial charge in [0.25, 0.3) is 0 Å². The molecule has 0 radical (unpaired) electrons. The third-order valence-electron chi connectivity index (χ3n) is 4.95. The van der Waals surface area contributed by atoms with Crippen LogP contribution in [0.2, 0.25) is 0 Å². The molecule has 2 aromatic carbocycles. The summed E-state index contributed by atoms with van der Waals surface area (Å²) >= 11 is 0. The van der Waals surface area contributed by atoms with Crippen LogP contribution < -0.4 is 5.32 Å². The van der Waals surface area contributed by atoms with Gasteiger partial charge in [-0.3, -0.25) is 4.79 Å². The predicted molar refractivity (Wildman–Crippen MR) is 115 cm³/mol. The fourth-order valence-electron chi connectivity index (χ4n) is 3.60. The molecule has 1 atom stereocenters. The van der Waals surface area contributed by atoms with E-state index in [0.29, 0.717) is 0 Å². The Hall–Kier alpha value is -3.35. The molecule has 0 aliphatic heterocycles. The van der Waals surface area contributed by atoms with Crippen LogP contribution in [-0.4, -0.2) is 34.8 Å². The first kappa shape index (κ1) is 22.3. The largest absolute Gasteiger partial charge is 0.480 e. The maximum Gasteiger partial charge on any atom is 0.408 e. The van der Waals surface area contributed by atoms with E-state index in [0.717, 1.165) is 23.1 Å². The topological polar surface area (TPSA) is 102 Å². The molecule has 0 heterocycles. The van der Waals surface area contributed by atoms with Gasteiger partial charge in [-0.1, -0.05) is 42.5 Å². The van der Waals surface area contributed by atoms with Crippen molar-refractivity contribution in [3.05, 3.63) is 59.2 Å². The zero-order valence-electron chi connectivity index (χ0n) is 17.9. The number of nitrogens with one attached hydrogen (secondary N) is 1. The van der Waals surface area contributed by atoms with Gasteiger partial charge in [0.2, 0.25) is 0 Å². The highest BCUT2D eigenvalue weighted by molar-refractivity contribution is 5.81. The van der Waals surface area contributed by atoms with Crippen molar-refractivity contribution >= 4 is 18.0 Å². The van der Waals surface area contributed by atoms with Crippen molar-refractivity contribution in [3.63, 3.8) is 0 Å². The fraction of sp³-hybridized carbons (Fsp3) is 0.375. The standard InChI is InChI=1S/C24H27NO6/c1-24(2,3)31-21(26)12-11-20(22(27)28)25-23(29)30-14-16-8-6-10-18-17-9-5-4-7-15(17)13-19(16)18/h4-10,20H,11-14H2,1-3H3,(H,25,29)(H,27,28)/t20-/m0/s1. The third-order valence-corrected chi connectivity index (χ3v) is 4.95. The van der Waals surface area contributed by atoms with E-state index >= 15 is 0 Å². The zero-order valence-corrected chi connectivity index (χ0v) is 17.9. The number of hydrogen-bond acceptors (Lipinski definition) is 5. The van der Waals surface area contributed by atoms with Gasteiger partial charge in [0, 0.05) is 6.42 Å². The van der Waals surface area contributed by atoms with Crippen molar-refractivity contribution in [2.75, 3.05) is 0 Å². The normalized spacial score (nSPS) is 13.0. The lowest BCUT2D eigenvalue weighted by atomic mass is 10.0. The number of alkyl carbamates (subject to hydrolysis) is 1. The first-order valence-electron chi connectivity index (χ1n) is 10.2. The Balaban J connectivity index is 1.56. The van der Waals surface area contributed by atoms with Crippen molar-refractivity contribution in [2.45, 2.75) is 58.3 Å². The summed E-state index contributed by atoms with van der Waals surface area (Å²) < 4.78 is 10.5. The number of carbonyl (C=O) groups is 3. The average Bonchev–Trinajstić information content (AvgIpc) is 3.07. The average molecular weight is 425 g/mol. The highest BCUT2D eigenvalue weighted by atomic mass is 16.6. The quantitative estimate of drug-likeness (QED) is 0.554. The number of rotatable bonds is 7. The van der Waals surface area contributed by atoms with Crippen LogP contribution in [0.1, 0.15) is 50.3 Å². The van der Waals surface area contributed by atoms with E-state index < -0.39 is 29.7 Å². The number of carboxylic acid groups (broad SMARTS) is 1. The summed E-state index contributed by atoms with van der Waals surface area (Å²) in [6.45, 7) is 5.22. The molecule has 2 N–H and O–H groups in total. The van der Waals surface area contributed by atoms with Crippen molar-refractivity contribution in [2.24, 2.45) is 0 Å². The number of hydrogen-bond donors (Lipinski definition) is 2. The molecular formula is C24H27NO6. The Bertz CT molecular complexity index is 992. The van der Waals surface area contributed by atoms with Crippen molar-refractivity contribution in [1.82, 2.24) is 5.32 Å². The Morgan fingerprint density at radius 2 is 1.77 bits per heavy atom. The molecule has 0 spiro atoms. The van der Waals surface area contributed by atoms with Gasteiger partial charge in [-0.05, 0) is 61.4 Å². The molecule has 1 aliphatic carbocycles. The lowest BCUT2D eigenvalue weighted by Gasteiger charge is -2.20. The Kier molecular flexibility index (Phi) is 6.63. The van der Waals surface area contributed by atoms with E-state index in [4.69, 9.17) is 9.47 Å². The monoisotopic (exact) mass is 425 g/mol. The summed E-state index contributed by atoms with van der Waals surface area (Å²) in [6.07, 6.45) is -0.293. The van der Waals surface area contributed by atoms with Gasteiger partial charge in [0.1, 0.15) is 18.2 Å². The van der Waals surface area contributed by atoms with Crippen LogP contribution in [0.5, 0.6) is 0 Å². The zero-order chi connectivity index (χ0) is 22.6. The summed E-state index contributed by atoms with van der Waals surface area (Å²) in [5.74, 6) is -1.76. The van der Waals surface area contributed by atoms with Crippen LogP contribution in [-0.2, 0) is 32.1 Å². The second kappa shape index (κ2) is 9.20. The molecule has 0 saturated heterocycles. The Morgan fingerprint density at radius 1 is 1.06 bits per heavy atom. The van der Waals surface area contributed by atoms with Gasteiger partial charge in [-0.15, -0.1) is 0 Å². The molecular weight excluding hydrogens is 398 g/mol. The Labute approximate surface area is 181 Å². The molecule has 0 unspecified atom stereocenters. The van der Waals surface area contributed by atoms with Gasteiger partial charge >= 0.3 is 18.0 Å². The van der Waals surface area contributed by atoms with Crippen molar-refractivity contribution in [1.29, 1.82) is 0 Å². The van der Waals surface area contributed by atoms with Gasteiger partial charge < -0.3 is 19.9 Å². The molecule has 164 valence electrons. The minimum absolute atomic E-state index is 0.0292. The highest BCUT2D eigenvalue weighted by Crippen LogP contribution is 2.38. The first-order chi connectivity index (χ1) is 14.6. The molecule has 2 aromatic rings. The maximum absolute atomic E-state index is 12.2. The molecule has 7 nitrogen and oxygen atoms in total. The Morgan fingerprint density at radius 3 is 2.48 bits per heavy atom. The van der Waals surface area contributed by atoms with E-state index in [9.17, 15) is 19.5 Å². The predicted octanol–water partition coefficient (Wildman–Crippen LogP) is 4.06. The molecule has 0 fully saturated rings. The first-order valence-corrected chi connectivity index (χ1v) is 10.2. The summed E-state index contributed by atoms with van der Waals surface area (Å²) in [5.41, 5.74) is 4.86. The van der Waals surface area contributed by atoms with Crippen LogP contribution in [0.25, 0.3) is 11.1 Å². The molecule has 31 heavy (non-hydrogen) atoms. The molecule has 0 aromatic heterocycles. The van der Waals surface area contributed by atoms with Crippen LogP contribution in [0.4, 0.5) is 4.79 Å². The molecule has 0 bridgehead atoms. The lowest BCUT2D eigenvalue weighted by Crippen LogP contribution is -2.41. The van der Waals surface area contributed by atoms with Crippen LogP contribution in [0.3, 0.4) is 0 Å². The molecule has 0 saturated carbocycles. The number of carboxylic acids is 1. The third kappa shape index (κ3) is 5.84. The maximum atomic E-state index is 12.2. The minimum Gasteiger partial charge on any atom is -0.480 e. The summed E-state index contributed by atoms with van der Waals surface area (Å²) in [6, 6.07) is 12.8. The number of aliphatic carboxylic acids is 1.